The summed E-state index contributed by atoms with van der Waals surface area (Å²) in [6.45, 7) is 0.294. The molecule has 0 atom stereocenters. The summed E-state index contributed by atoms with van der Waals surface area (Å²) in [6.07, 6.45) is 0. The second-order valence-electron chi connectivity index (χ2n) is 6.94. The van der Waals surface area contributed by atoms with Crippen LogP contribution in [0.25, 0.3) is 0 Å². The molecular weight excluding hydrogens is 430 g/mol. The van der Waals surface area contributed by atoms with Crippen molar-refractivity contribution in [3.05, 3.63) is 99.6 Å². The second kappa shape index (κ2) is 9.03. The Morgan fingerprint density at radius 1 is 0.938 bits per heavy atom. The molecule has 0 radical (unpaired) electrons. The first-order valence-electron chi connectivity index (χ1n) is 9.68. The lowest BCUT2D eigenvalue weighted by Crippen LogP contribution is -2.31. The predicted octanol–water partition coefficient (Wildman–Crippen LogP) is 4.24. The third-order valence-corrected chi connectivity index (χ3v) is 5.89. The molecule has 0 saturated carbocycles. The van der Waals surface area contributed by atoms with Gasteiger partial charge in [-0.15, -0.1) is 11.8 Å². The normalized spacial score (nSPS) is 12.6. The molecule has 0 fully saturated rings. The van der Waals surface area contributed by atoms with Gasteiger partial charge >= 0.3 is 0 Å². The van der Waals surface area contributed by atoms with E-state index < -0.39 is 10.8 Å². The summed E-state index contributed by atoms with van der Waals surface area (Å²) < 4.78 is 0. The van der Waals surface area contributed by atoms with Gasteiger partial charge in [0.1, 0.15) is 0 Å². The molecule has 1 N–H and O–H groups in total. The van der Waals surface area contributed by atoms with Crippen LogP contribution >= 0.6 is 11.8 Å². The van der Waals surface area contributed by atoms with E-state index in [1.54, 1.807) is 36.4 Å². The van der Waals surface area contributed by atoms with Crippen LogP contribution in [0.4, 0.5) is 11.4 Å². The Morgan fingerprint density at radius 2 is 1.59 bits per heavy atom. The third kappa shape index (κ3) is 4.37. The van der Waals surface area contributed by atoms with E-state index in [4.69, 9.17) is 0 Å². The Balaban J connectivity index is 1.31. The molecule has 32 heavy (non-hydrogen) atoms. The summed E-state index contributed by atoms with van der Waals surface area (Å²) in [4.78, 5) is 49.6. The van der Waals surface area contributed by atoms with Crippen LogP contribution in [0.5, 0.6) is 0 Å². The van der Waals surface area contributed by atoms with Crippen molar-refractivity contribution in [2.75, 3.05) is 17.6 Å². The molecule has 0 aromatic heterocycles. The Bertz CT molecular complexity index is 1190. The molecule has 8 nitrogen and oxygen atoms in total. The number of rotatable bonds is 7. The van der Waals surface area contributed by atoms with Crippen LogP contribution in [0, 0.1) is 10.1 Å². The molecule has 1 aliphatic rings. The Labute approximate surface area is 187 Å². The lowest BCUT2D eigenvalue weighted by molar-refractivity contribution is -0.384. The van der Waals surface area contributed by atoms with E-state index >= 15 is 0 Å². The van der Waals surface area contributed by atoms with Gasteiger partial charge in [-0.1, -0.05) is 18.2 Å². The number of amides is 3. The molecule has 3 aromatic carbocycles. The molecule has 4 rings (SSSR count). The largest absolute Gasteiger partial charge is 0.322 e. The number of anilines is 1. The first-order valence-corrected chi connectivity index (χ1v) is 10.7. The lowest BCUT2D eigenvalue weighted by Gasteiger charge is -2.13. The van der Waals surface area contributed by atoms with Gasteiger partial charge < -0.3 is 5.32 Å². The molecule has 1 heterocycles. The van der Waals surface area contributed by atoms with Gasteiger partial charge in [-0.05, 0) is 42.5 Å². The van der Waals surface area contributed by atoms with E-state index in [9.17, 15) is 24.5 Å². The number of nitro groups is 1. The molecule has 0 bridgehead atoms. The first-order chi connectivity index (χ1) is 15.4. The number of nitrogens with one attached hydrogen (secondary N) is 1. The van der Waals surface area contributed by atoms with Gasteiger partial charge in [0, 0.05) is 40.6 Å². The van der Waals surface area contributed by atoms with E-state index in [1.807, 2.05) is 12.1 Å². The number of thioether (sulfide) groups is 1. The number of fused-ring (bicyclic) bond motifs is 1. The SMILES string of the molecule is O=C(Nc1ccc(SCCN2C(=O)c3ccccc3C2=O)cc1)c1cccc([N+](=O)[O-])c1. The molecule has 3 amide bonds. The van der Waals surface area contributed by atoms with Gasteiger partial charge in [-0.3, -0.25) is 29.4 Å². The van der Waals surface area contributed by atoms with Gasteiger partial charge in [0.15, 0.2) is 0 Å². The van der Waals surface area contributed by atoms with Crippen molar-refractivity contribution in [3.8, 4) is 0 Å². The zero-order valence-corrected chi connectivity index (χ0v) is 17.5. The molecule has 0 spiro atoms. The molecule has 0 aliphatic carbocycles. The number of non-ortho nitro benzene ring substituents is 1. The smallest absolute Gasteiger partial charge is 0.270 e. The molecule has 0 unspecified atom stereocenters. The summed E-state index contributed by atoms with van der Waals surface area (Å²) in [6, 6.07) is 19.4. The fourth-order valence-corrected chi connectivity index (χ4v) is 4.13. The van der Waals surface area contributed by atoms with Gasteiger partial charge in [-0.2, -0.15) is 0 Å². The van der Waals surface area contributed by atoms with Crippen LogP contribution in [0.1, 0.15) is 31.1 Å². The maximum absolute atomic E-state index is 12.4. The number of benzene rings is 3. The highest BCUT2D eigenvalue weighted by atomic mass is 32.2. The molecule has 3 aromatic rings. The quantitative estimate of drug-likeness (QED) is 0.251. The maximum atomic E-state index is 12.4. The standard InChI is InChI=1S/C23H17N3O5S/c27-21(15-4-3-5-17(14-15)26(30)31)24-16-8-10-18(11-9-16)32-13-12-25-22(28)19-6-1-2-7-20(19)23(25)29/h1-11,14H,12-13H2,(H,24,27). The highest BCUT2D eigenvalue weighted by Crippen LogP contribution is 2.25. The van der Waals surface area contributed by atoms with Crippen molar-refractivity contribution in [1.29, 1.82) is 0 Å². The van der Waals surface area contributed by atoms with E-state index in [1.165, 1.54) is 40.9 Å². The minimum Gasteiger partial charge on any atom is -0.322 e. The van der Waals surface area contributed by atoms with Crippen molar-refractivity contribution >= 4 is 40.9 Å². The van der Waals surface area contributed by atoms with Crippen LogP contribution in [-0.2, 0) is 0 Å². The topological polar surface area (TPSA) is 110 Å². The molecule has 1 aliphatic heterocycles. The maximum Gasteiger partial charge on any atom is 0.270 e. The summed E-state index contributed by atoms with van der Waals surface area (Å²) in [5.41, 5.74) is 1.46. The molecule has 160 valence electrons. The first kappa shape index (κ1) is 21.3. The van der Waals surface area contributed by atoms with Crippen molar-refractivity contribution < 1.29 is 19.3 Å². The minimum absolute atomic E-state index is 0.151. The molecule has 9 heteroatoms. The summed E-state index contributed by atoms with van der Waals surface area (Å²) in [5.74, 6) is -0.458. The summed E-state index contributed by atoms with van der Waals surface area (Å²) in [7, 11) is 0. The average molecular weight is 447 g/mol. The van der Waals surface area contributed by atoms with Crippen molar-refractivity contribution in [2.45, 2.75) is 4.90 Å². The van der Waals surface area contributed by atoms with Crippen molar-refractivity contribution in [3.63, 3.8) is 0 Å². The number of carbonyl (C=O) groups is 3. The van der Waals surface area contributed by atoms with Crippen molar-refractivity contribution in [1.82, 2.24) is 4.90 Å². The minimum atomic E-state index is -0.551. The van der Waals surface area contributed by atoms with Gasteiger partial charge in [0.05, 0.1) is 16.1 Å². The number of nitro benzene ring substituents is 1. The Morgan fingerprint density at radius 3 is 2.22 bits per heavy atom. The lowest BCUT2D eigenvalue weighted by atomic mass is 10.1. The second-order valence-corrected chi connectivity index (χ2v) is 8.11. The number of imide groups is 1. The van der Waals surface area contributed by atoms with Gasteiger partial charge in [0.2, 0.25) is 0 Å². The van der Waals surface area contributed by atoms with Crippen LogP contribution in [0.15, 0.2) is 77.7 Å². The monoisotopic (exact) mass is 447 g/mol. The highest BCUT2D eigenvalue weighted by Gasteiger charge is 2.34. The Hall–Kier alpha value is -3.98. The number of hydrogen-bond acceptors (Lipinski definition) is 6. The van der Waals surface area contributed by atoms with Crippen LogP contribution in [0.3, 0.4) is 0 Å². The number of hydrogen-bond donors (Lipinski definition) is 1. The summed E-state index contributed by atoms with van der Waals surface area (Å²) >= 11 is 1.49. The predicted molar refractivity (Wildman–Crippen MR) is 120 cm³/mol. The Kier molecular flexibility index (Phi) is 6.00. The molecular formula is C23H17N3O5S. The fraction of sp³-hybridized carbons (Fsp3) is 0.0870. The zero-order valence-electron chi connectivity index (χ0n) is 16.7. The number of carbonyl (C=O) groups excluding carboxylic acids is 3. The summed E-state index contributed by atoms with van der Waals surface area (Å²) in [5, 5.41) is 13.6. The average Bonchev–Trinajstić information content (AvgIpc) is 3.05. The van der Waals surface area contributed by atoms with Crippen molar-refractivity contribution in [2.24, 2.45) is 0 Å². The van der Waals surface area contributed by atoms with Crippen LogP contribution in [-0.4, -0.2) is 39.8 Å². The highest BCUT2D eigenvalue weighted by molar-refractivity contribution is 7.99. The van der Waals surface area contributed by atoms with E-state index in [-0.39, 0.29) is 23.1 Å². The molecule has 0 saturated heterocycles. The van der Waals surface area contributed by atoms with E-state index in [0.29, 0.717) is 29.1 Å². The van der Waals surface area contributed by atoms with Crippen LogP contribution < -0.4 is 5.32 Å². The van der Waals surface area contributed by atoms with E-state index in [0.717, 1.165) is 4.90 Å². The van der Waals surface area contributed by atoms with Crippen LogP contribution in [0.2, 0.25) is 0 Å². The zero-order chi connectivity index (χ0) is 22.7. The van der Waals surface area contributed by atoms with E-state index in [2.05, 4.69) is 5.32 Å². The van der Waals surface area contributed by atoms with Gasteiger partial charge in [-0.25, -0.2) is 0 Å². The number of nitrogens with zero attached hydrogens (tertiary/aromatic N) is 2. The fourth-order valence-electron chi connectivity index (χ4n) is 3.30. The third-order valence-electron chi connectivity index (χ3n) is 4.89. The van der Waals surface area contributed by atoms with Gasteiger partial charge in [0.25, 0.3) is 23.4 Å².